The predicted octanol–water partition coefficient (Wildman–Crippen LogP) is 6.87. The maximum atomic E-state index is 12.2. The van der Waals surface area contributed by atoms with Gasteiger partial charge in [-0.3, -0.25) is 0 Å². The van der Waals surface area contributed by atoms with Crippen molar-refractivity contribution in [3.05, 3.63) is 24.3 Å². The molecule has 2 aliphatic carbocycles. The summed E-state index contributed by atoms with van der Waals surface area (Å²) in [6.07, 6.45) is 24.3. The second-order valence-electron chi connectivity index (χ2n) is 12.7. The summed E-state index contributed by atoms with van der Waals surface area (Å²) in [6, 6.07) is 0. The van der Waals surface area contributed by atoms with Gasteiger partial charge < -0.3 is 28.8 Å². The zero-order chi connectivity index (χ0) is 28.9. The molecule has 4 rings (SSSR count). The van der Waals surface area contributed by atoms with Gasteiger partial charge in [-0.2, -0.15) is 0 Å². The second kappa shape index (κ2) is 17.8. The summed E-state index contributed by atoms with van der Waals surface area (Å²) >= 11 is 0. The number of rotatable bonds is 16. The van der Waals surface area contributed by atoms with Gasteiger partial charge in [0.25, 0.3) is 0 Å². The van der Waals surface area contributed by atoms with E-state index in [0.29, 0.717) is 31.3 Å². The normalized spacial score (nSPS) is 34.1. The molecule has 2 aliphatic heterocycles. The van der Waals surface area contributed by atoms with Crippen LogP contribution in [0.4, 0.5) is 0 Å². The molecule has 2 heterocycles. The summed E-state index contributed by atoms with van der Waals surface area (Å²) in [4.78, 5) is 12.2. The molecule has 234 valence electrons. The lowest BCUT2D eigenvalue weighted by molar-refractivity contribution is -0.203. The van der Waals surface area contributed by atoms with Gasteiger partial charge in [-0.1, -0.05) is 50.5 Å². The van der Waals surface area contributed by atoms with Gasteiger partial charge in [0.15, 0.2) is 18.7 Å². The van der Waals surface area contributed by atoms with E-state index in [2.05, 4.69) is 31.2 Å². The minimum absolute atomic E-state index is 0.0801. The van der Waals surface area contributed by atoms with Crippen LogP contribution >= 0.6 is 0 Å². The number of carbonyl (C=O) groups is 1. The number of carbonyl (C=O) groups excluding carboxylic acids is 1. The highest BCUT2D eigenvalue weighted by molar-refractivity contribution is 5.74. The van der Waals surface area contributed by atoms with Gasteiger partial charge in [0.1, 0.15) is 0 Å². The molecule has 2 saturated carbocycles. The fraction of sp³-hybridized carbons (Fsp3) is 0.853. The fourth-order valence-electron chi connectivity index (χ4n) is 6.98. The number of allylic oxidation sites excluding steroid dienone is 3. The lowest BCUT2D eigenvalue weighted by Crippen LogP contribution is -2.38. The van der Waals surface area contributed by atoms with Crippen LogP contribution in [0, 0.1) is 23.7 Å². The zero-order valence-corrected chi connectivity index (χ0v) is 25.6. The lowest BCUT2D eigenvalue weighted by atomic mass is 9.70. The zero-order valence-electron chi connectivity index (χ0n) is 25.6. The molecule has 4 fully saturated rings. The first-order valence-corrected chi connectivity index (χ1v) is 16.7. The number of unbranched alkanes of at least 4 members (excludes halogenated alkanes) is 1. The molecule has 0 aromatic heterocycles. The molecule has 0 amide bonds. The van der Waals surface area contributed by atoms with Crippen LogP contribution < -0.4 is 0 Å². The number of aliphatic hydroxyl groups excluding tert-OH is 1. The second-order valence-corrected chi connectivity index (χ2v) is 12.7. The molecule has 4 aliphatic rings. The summed E-state index contributed by atoms with van der Waals surface area (Å²) in [5, 5.41) is 10.8. The highest BCUT2D eigenvalue weighted by Gasteiger charge is 2.37. The molecule has 3 unspecified atom stereocenters. The maximum absolute atomic E-state index is 12.2. The Morgan fingerprint density at radius 1 is 0.976 bits per heavy atom. The summed E-state index contributed by atoms with van der Waals surface area (Å²) in [7, 11) is 1.40. The minimum Gasteiger partial charge on any atom is -0.467 e. The molecule has 7 atom stereocenters. The number of ether oxygens (including phenoxy) is 5. The summed E-state index contributed by atoms with van der Waals surface area (Å²) in [5.74, 6) is 1.63. The molecule has 1 N–H and O–H groups in total. The largest absolute Gasteiger partial charge is 0.467 e. The monoisotopic (exact) mass is 576 g/mol. The van der Waals surface area contributed by atoms with E-state index < -0.39 is 6.10 Å². The van der Waals surface area contributed by atoms with Crippen molar-refractivity contribution < 1.29 is 33.6 Å². The molecular weight excluding hydrogens is 520 g/mol. The molecule has 7 nitrogen and oxygen atoms in total. The summed E-state index contributed by atoms with van der Waals surface area (Å²) in [5.41, 5.74) is 0. The van der Waals surface area contributed by atoms with Crippen molar-refractivity contribution in [1.29, 1.82) is 0 Å². The molecule has 0 radical (unpaired) electrons. The first-order chi connectivity index (χ1) is 20.1. The van der Waals surface area contributed by atoms with Crippen molar-refractivity contribution in [3.63, 3.8) is 0 Å². The quantitative estimate of drug-likeness (QED) is 0.159. The highest BCUT2D eigenvalue weighted by Crippen LogP contribution is 2.42. The Kier molecular flexibility index (Phi) is 14.2. The van der Waals surface area contributed by atoms with Gasteiger partial charge in [0.2, 0.25) is 0 Å². The Morgan fingerprint density at radius 3 is 2.37 bits per heavy atom. The molecule has 0 aromatic rings. The van der Waals surface area contributed by atoms with Crippen molar-refractivity contribution in [2.75, 3.05) is 20.3 Å². The van der Waals surface area contributed by atoms with Crippen LogP contribution in [0.2, 0.25) is 0 Å². The van der Waals surface area contributed by atoms with Crippen LogP contribution in [0.25, 0.3) is 0 Å². The van der Waals surface area contributed by atoms with E-state index in [4.69, 9.17) is 23.7 Å². The van der Waals surface area contributed by atoms with Gasteiger partial charge in [-0.25, -0.2) is 4.79 Å². The maximum Gasteiger partial charge on any atom is 0.335 e. The van der Waals surface area contributed by atoms with Crippen LogP contribution in [0.3, 0.4) is 0 Å². The standard InChI is InChI=1S/C34H56O7/c1-3-4-12-25-23-27(24-25)30(40-32-15-8-10-21-38-32)20-18-26-17-19-29(35)28(26)13-6-5-7-14-31(34(36)37-2)41-33-16-9-11-22-39-33/h5-6,18,20,25-33,35H,3-4,7-17,19,21-24H2,1-2H3/t25?,26-,27?,28-,29+,30-,31?,32?,33?/m1/s1. The number of hydrogen-bond donors (Lipinski definition) is 1. The number of aliphatic hydroxyl groups is 1. The fourth-order valence-corrected chi connectivity index (χ4v) is 6.98. The van der Waals surface area contributed by atoms with Crippen molar-refractivity contribution in [2.24, 2.45) is 23.7 Å². The predicted molar refractivity (Wildman–Crippen MR) is 159 cm³/mol. The van der Waals surface area contributed by atoms with Gasteiger partial charge in [-0.15, -0.1) is 0 Å². The van der Waals surface area contributed by atoms with E-state index in [-0.39, 0.29) is 36.7 Å². The molecule has 0 aromatic carbocycles. The third-order valence-corrected chi connectivity index (χ3v) is 9.63. The Balaban J connectivity index is 1.27. The Hall–Kier alpha value is -1.25. The van der Waals surface area contributed by atoms with Crippen LogP contribution in [-0.4, -0.2) is 62.3 Å². The molecule has 0 spiro atoms. The van der Waals surface area contributed by atoms with Crippen molar-refractivity contribution in [2.45, 2.75) is 141 Å². The van der Waals surface area contributed by atoms with Gasteiger partial charge >= 0.3 is 5.97 Å². The molecular formula is C34H56O7. The number of esters is 1. The Labute approximate surface area is 248 Å². The third kappa shape index (κ3) is 10.5. The van der Waals surface area contributed by atoms with E-state index in [1.165, 1.54) is 45.6 Å². The topological polar surface area (TPSA) is 83.5 Å². The Bertz CT molecular complexity index is 795. The Morgan fingerprint density at radius 2 is 1.71 bits per heavy atom. The molecule has 7 heteroatoms. The number of methoxy groups -OCH3 is 1. The molecule has 2 saturated heterocycles. The average Bonchev–Trinajstić information content (AvgIpc) is 3.33. The van der Waals surface area contributed by atoms with E-state index in [1.54, 1.807) is 0 Å². The van der Waals surface area contributed by atoms with Crippen LogP contribution in [0.1, 0.15) is 110 Å². The van der Waals surface area contributed by atoms with Crippen LogP contribution in [0.5, 0.6) is 0 Å². The smallest absolute Gasteiger partial charge is 0.335 e. The average molecular weight is 577 g/mol. The molecule has 41 heavy (non-hydrogen) atoms. The highest BCUT2D eigenvalue weighted by atomic mass is 16.7. The first kappa shape index (κ1) is 32.7. The minimum atomic E-state index is -0.612. The summed E-state index contributed by atoms with van der Waals surface area (Å²) in [6.45, 7) is 3.75. The summed E-state index contributed by atoms with van der Waals surface area (Å²) < 4.78 is 29.0. The van der Waals surface area contributed by atoms with Crippen molar-refractivity contribution >= 4 is 5.97 Å². The SMILES string of the molecule is CCCCC1CC([C@@H](C=C[C@H]2CC[C@H](O)[C@@H]2CC=CCCC(OC2CCCCO2)C(=O)OC)OC2CCCCO2)C1. The van der Waals surface area contributed by atoms with E-state index in [1.807, 2.05) is 0 Å². The first-order valence-electron chi connectivity index (χ1n) is 16.7. The molecule has 0 bridgehead atoms. The van der Waals surface area contributed by atoms with Gasteiger partial charge in [-0.05, 0) is 107 Å². The van der Waals surface area contributed by atoms with Crippen LogP contribution in [-0.2, 0) is 28.5 Å². The van der Waals surface area contributed by atoms with E-state index in [9.17, 15) is 9.90 Å². The van der Waals surface area contributed by atoms with Gasteiger partial charge in [0, 0.05) is 13.2 Å². The van der Waals surface area contributed by atoms with Crippen molar-refractivity contribution in [1.82, 2.24) is 0 Å². The van der Waals surface area contributed by atoms with E-state index >= 15 is 0 Å². The van der Waals surface area contributed by atoms with Gasteiger partial charge in [0.05, 0.1) is 19.3 Å². The van der Waals surface area contributed by atoms with Crippen LogP contribution in [0.15, 0.2) is 24.3 Å². The lowest BCUT2D eigenvalue weighted by Gasteiger charge is -2.41. The van der Waals surface area contributed by atoms with Crippen molar-refractivity contribution in [3.8, 4) is 0 Å². The van der Waals surface area contributed by atoms with E-state index in [0.717, 1.165) is 63.9 Å². The third-order valence-electron chi connectivity index (χ3n) is 9.63. The number of hydrogen-bond acceptors (Lipinski definition) is 7.